The molecular weight excluding hydrogens is 600 g/mol. The van der Waals surface area contributed by atoms with Crippen LogP contribution < -0.4 is 15.4 Å². The molecule has 1 heterocycles. The van der Waals surface area contributed by atoms with Crippen LogP contribution in [0.25, 0.3) is 0 Å². The number of hydrogen-bond acceptors (Lipinski definition) is 8. The Bertz CT molecular complexity index is 1450. The number of amides is 4. The predicted octanol–water partition coefficient (Wildman–Crippen LogP) is 2.80. The minimum atomic E-state index is -3.83. The van der Waals surface area contributed by atoms with Crippen molar-refractivity contribution in [2.75, 3.05) is 6.54 Å². The fraction of sp³-hybridized carbons (Fsp3) is 0.688. The molecule has 1 saturated heterocycles. The van der Waals surface area contributed by atoms with E-state index in [0.717, 1.165) is 5.56 Å². The number of carbonyl (C=O) groups excluding carboxylic acids is 4. The molecule has 4 N–H and O–H groups in total. The first-order chi connectivity index (χ1) is 20.6. The van der Waals surface area contributed by atoms with Gasteiger partial charge in [-0.25, -0.2) is 13.2 Å². The Morgan fingerprint density at radius 1 is 1.04 bits per heavy atom. The second-order valence-corrected chi connectivity index (χ2v) is 17.2. The van der Waals surface area contributed by atoms with Gasteiger partial charge in [0, 0.05) is 6.42 Å². The number of sulfonamides is 1. The molecule has 3 aliphatic rings. The highest BCUT2D eigenvalue weighted by Gasteiger charge is 2.57. The summed E-state index contributed by atoms with van der Waals surface area (Å²) in [6.45, 7) is 14.2. The molecule has 0 radical (unpaired) electrons. The van der Waals surface area contributed by atoms with Crippen molar-refractivity contribution >= 4 is 33.8 Å². The van der Waals surface area contributed by atoms with Gasteiger partial charge in [0.1, 0.15) is 28.8 Å². The van der Waals surface area contributed by atoms with E-state index in [9.17, 15) is 32.7 Å². The topological polar surface area (TPSA) is 171 Å². The molecule has 1 aromatic carbocycles. The smallest absolute Gasteiger partial charge is 0.408 e. The highest BCUT2D eigenvalue weighted by molar-refractivity contribution is 7.91. The zero-order valence-corrected chi connectivity index (χ0v) is 28.3. The van der Waals surface area contributed by atoms with Crippen LogP contribution >= 0.6 is 0 Å². The SMILES string of the molecule is CC(C)c1cccc([C@]2(O)C[C@@H](C(=O)NC3(C(=O)NS(=O)(=O)C4CC4)CC3)N(C(=O)[C@@H](NC(=O)OC(C)(C)C)C(C)(C)C)C2)c1. The highest BCUT2D eigenvalue weighted by Crippen LogP contribution is 2.41. The Morgan fingerprint density at radius 2 is 1.67 bits per heavy atom. The average Bonchev–Trinajstić information content (AvgIpc) is 3.83. The minimum Gasteiger partial charge on any atom is -0.444 e. The summed E-state index contributed by atoms with van der Waals surface area (Å²) >= 11 is 0. The summed E-state index contributed by atoms with van der Waals surface area (Å²) in [6.07, 6.45) is 0.441. The van der Waals surface area contributed by atoms with Gasteiger partial charge in [-0.15, -0.1) is 0 Å². The lowest BCUT2D eigenvalue weighted by Crippen LogP contribution is -2.60. The number of β-amino-alcohol motifs (C(OH)–C–C–N with tert-alkyl or cyclic N) is 1. The van der Waals surface area contributed by atoms with Gasteiger partial charge in [0.2, 0.25) is 21.8 Å². The molecular formula is C32H48N4O8S. The maximum Gasteiger partial charge on any atom is 0.408 e. The molecule has 3 fully saturated rings. The van der Waals surface area contributed by atoms with Gasteiger partial charge in [-0.1, -0.05) is 58.9 Å². The fourth-order valence-electron chi connectivity index (χ4n) is 5.53. The van der Waals surface area contributed by atoms with Crippen LogP contribution in [0.5, 0.6) is 0 Å². The van der Waals surface area contributed by atoms with E-state index < -0.39 is 73.3 Å². The van der Waals surface area contributed by atoms with Crippen LogP contribution in [0.3, 0.4) is 0 Å². The van der Waals surface area contributed by atoms with Crippen molar-refractivity contribution in [3.63, 3.8) is 0 Å². The third kappa shape index (κ3) is 7.97. The van der Waals surface area contributed by atoms with Crippen LogP contribution in [0.4, 0.5) is 4.79 Å². The maximum atomic E-state index is 14.3. The number of hydrogen-bond donors (Lipinski definition) is 4. The van der Waals surface area contributed by atoms with Crippen LogP contribution in [-0.4, -0.2) is 77.3 Å². The molecule has 4 rings (SSSR count). The number of likely N-dealkylation sites (tertiary alicyclic amines) is 1. The van der Waals surface area contributed by atoms with Gasteiger partial charge in [0.05, 0.1) is 11.8 Å². The lowest BCUT2D eigenvalue weighted by atomic mass is 9.85. The van der Waals surface area contributed by atoms with Crippen LogP contribution in [-0.2, 0) is 34.7 Å². The van der Waals surface area contributed by atoms with E-state index >= 15 is 0 Å². The average molecular weight is 649 g/mol. The van der Waals surface area contributed by atoms with E-state index in [1.165, 1.54) is 4.90 Å². The summed E-state index contributed by atoms with van der Waals surface area (Å²) in [5.74, 6) is -1.94. The zero-order valence-electron chi connectivity index (χ0n) is 27.5. The summed E-state index contributed by atoms with van der Waals surface area (Å²) in [4.78, 5) is 55.4. The molecule has 0 aromatic heterocycles. The van der Waals surface area contributed by atoms with Gasteiger partial charge in [0.25, 0.3) is 5.91 Å². The van der Waals surface area contributed by atoms with Crippen molar-refractivity contribution < 1.29 is 37.4 Å². The van der Waals surface area contributed by atoms with Gasteiger partial charge >= 0.3 is 6.09 Å². The number of rotatable bonds is 9. The second-order valence-electron chi connectivity index (χ2n) is 15.2. The first kappa shape index (κ1) is 34.7. The third-order valence-electron chi connectivity index (χ3n) is 8.53. The minimum absolute atomic E-state index is 0.162. The van der Waals surface area contributed by atoms with Gasteiger partial charge in [-0.3, -0.25) is 19.1 Å². The highest BCUT2D eigenvalue weighted by atomic mass is 32.2. The van der Waals surface area contributed by atoms with E-state index in [0.29, 0.717) is 18.4 Å². The third-order valence-corrected chi connectivity index (χ3v) is 10.4. The normalized spacial score (nSPS) is 23.7. The van der Waals surface area contributed by atoms with Crippen LogP contribution in [0, 0.1) is 5.41 Å². The van der Waals surface area contributed by atoms with Crippen LogP contribution in [0.2, 0.25) is 0 Å². The fourth-order valence-corrected chi connectivity index (χ4v) is 6.91. The maximum absolute atomic E-state index is 14.3. The summed E-state index contributed by atoms with van der Waals surface area (Å²) in [5.41, 5.74) is -3.18. The van der Waals surface area contributed by atoms with Crippen molar-refractivity contribution in [1.29, 1.82) is 0 Å². The van der Waals surface area contributed by atoms with E-state index in [1.807, 2.05) is 32.0 Å². The first-order valence-electron chi connectivity index (χ1n) is 15.6. The van der Waals surface area contributed by atoms with E-state index in [1.54, 1.807) is 47.6 Å². The molecule has 1 aliphatic heterocycles. The molecule has 0 unspecified atom stereocenters. The van der Waals surface area contributed by atoms with Crippen molar-refractivity contribution in [3.8, 4) is 0 Å². The summed E-state index contributed by atoms with van der Waals surface area (Å²) in [6, 6.07) is 4.99. The van der Waals surface area contributed by atoms with E-state index in [4.69, 9.17) is 4.74 Å². The molecule has 0 spiro atoms. The first-order valence-corrected chi connectivity index (χ1v) is 17.1. The quantitative estimate of drug-likeness (QED) is 0.317. The van der Waals surface area contributed by atoms with E-state index in [-0.39, 0.29) is 31.7 Å². The molecule has 2 saturated carbocycles. The summed E-state index contributed by atoms with van der Waals surface area (Å²) in [5, 5.41) is 16.8. The molecule has 2 aliphatic carbocycles. The lowest BCUT2D eigenvalue weighted by molar-refractivity contribution is -0.143. The van der Waals surface area contributed by atoms with Gasteiger partial charge < -0.3 is 25.4 Å². The van der Waals surface area contributed by atoms with Crippen LogP contribution in [0.1, 0.15) is 105 Å². The molecule has 12 nitrogen and oxygen atoms in total. The van der Waals surface area contributed by atoms with Crippen molar-refractivity contribution in [3.05, 3.63) is 35.4 Å². The standard InChI is InChI=1S/C32H48N4O8S/c1-19(2)20-10-9-11-21(16-20)32(41)17-23(25(37)34-31(14-15-31)27(39)35-45(42,43)22-12-13-22)36(18-32)26(38)24(29(3,4)5)33-28(40)44-30(6,7)8/h9-11,16,19,22-24,41H,12-15,17-18H2,1-8H3,(H,33,40)(H,34,37)(H,35,39)/t23-,24+,32-/m0/s1. The Balaban J connectivity index is 1.65. The number of benzene rings is 1. The number of aliphatic hydroxyl groups is 1. The number of nitrogens with one attached hydrogen (secondary N) is 3. The largest absolute Gasteiger partial charge is 0.444 e. The van der Waals surface area contributed by atoms with Gasteiger partial charge in [-0.05, 0) is 68.9 Å². The monoisotopic (exact) mass is 648 g/mol. The molecule has 45 heavy (non-hydrogen) atoms. The zero-order chi connectivity index (χ0) is 33.8. The Morgan fingerprint density at radius 3 is 2.18 bits per heavy atom. The van der Waals surface area contributed by atoms with Crippen molar-refractivity contribution in [2.45, 2.75) is 127 Å². The number of nitrogens with zero attached hydrogens (tertiary/aromatic N) is 1. The lowest BCUT2D eigenvalue weighted by Gasteiger charge is -2.36. The molecule has 0 bridgehead atoms. The van der Waals surface area contributed by atoms with Gasteiger partial charge in [-0.2, -0.15) is 0 Å². The molecule has 3 atom stereocenters. The number of carbonyl (C=O) groups is 4. The van der Waals surface area contributed by atoms with Gasteiger partial charge in [0.15, 0.2) is 0 Å². The second kappa shape index (κ2) is 11.9. The molecule has 13 heteroatoms. The summed E-state index contributed by atoms with van der Waals surface area (Å²) < 4.78 is 32.4. The Hall–Kier alpha value is -3.19. The number of alkyl carbamates (subject to hydrolysis) is 1. The predicted molar refractivity (Wildman–Crippen MR) is 167 cm³/mol. The van der Waals surface area contributed by atoms with E-state index in [2.05, 4.69) is 15.4 Å². The molecule has 250 valence electrons. The Kier molecular flexibility index (Phi) is 9.15. The Labute approximate surface area is 266 Å². The summed E-state index contributed by atoms with van der Waals surface area (Å²) in [7, 11) is -3.83. The van der Waals surface area contributed by atoms with Crippen molar-refractivity contribution in [1.82, 2.24) is 20.3 Å². The molecule has 4 amide bonds. The molecule has 1 aromatic rings. The van der Waals surface area contributed by atoms with Crippen LogP contribution in [0.15, 0.2) is 24.3 Å². The van der Waals surface area contributed by atoms with Crippen molar-refractivity contribution in [2.24, 2.45) is 5.41 Å². The number of ether oxygens (including phenoxy) is 1.